The molecule has 1 aromatic carbocycles. The molecule has 20 heavy (non-hydrogen) atoms. The Kier molecular flexibility index (Phi) is 5.60. The van der Waals surface area contributed by atoms with Crippen LogP contribution in [0.1, 0.15) is 23.2 Å². The molecule has 0 spiro atoms. The lowest BCUT2D eigenvalue weighted by atomic mass is 10.2. The van der Waals surface area contributed by atoms with E-state index in [1.165, 1.54) is 0 Å². The molecule has 1 aromatic rings. The Labute approximate surface area is 141 Å². The van der Waals surface area contributed by atoms with E-state index in [0.29, 0.717) is 5.56 Å². The number of likely N-dealkylation sites (tertiary alicyclic amines) is 1. The van der Waals surface area contributed by atoms with E-state index in [2.05, 4.69) is 21.2 Å². The zero-order chi connectivity index (χ0) is 14.8. The third kappa shape index (κ3) is 4.25. The van der Waals surface area contributed by atoms with Gasteiger partial charge in [0.15, 0.2) is 0 Å². The highest BCUT2D eigenvalue weighted by Crippen LogP contribution is 2.28. The van der Waals surface area contributed by atoms with Gasteiger partial charge in [0.05, 0.1) is 13.1 Å². The van der Waals surface area contributed by atoms with Gasteiger partial charge in [0.2, 0.25) is 6.17 Å². The molecule has 0 aromatic heterocycles. The highest BCUT2D eigenvalue weighted by molar-refractivity contribution is 9.10. The Balaban J connectivity index is 2.11. The maximum absolute atomic E-state index is 12.3. The summed E-state index contributed by atoms with van der Waals surface area (Å²) in [5.41, 5.74) is 0.547. The molecule has 3 nitrogen and oxygen atoms in total. The highest BCUT2D eigenvalue weighted by atomic mass is 79.9. The number of amides is 1. The van der Waals surface area contributed by atoms with Crippen LogP contribution in [0.15, 0.2) is 28.7 Å². The fourth-order valence-electron chi connectivity index (χ4n) is 2.35. The fourth-order valence-corrected chi connectivity index (χ4v) is 3.24. The highest BCUT2D eigenvalue weighted by Gasteiger charge is 2.43. The molecule has 2 rings (SSSR count). The van der Waals surface area contributed by atoms with Crippen molar-refractivity contribution in [1.82, 2.24) is 5.32 Å². The lowest BCUT2D eigenvalue weighted by Gasteiger charge is -2.30. The summed E-state index contributed by atoms with van der Waals surface area (Å²) in [6.45, 7) is 1.80. The summed E-state index contributed by atoms with van der Waals surface area (Å²) in [5.74, 6) is -0.228. The van der Waals surface area contributed by atoms with Crippen molar-refractivity contribution in [3.05, 3.63) is 34.3 Å². The molecule has 0 unspecified atom stereocenters. The summed E-state index contributed by atoms with van der Waals surface area (Å²) >= 11 is 21.4. The second-order valence-electron chi connectivity index (χ2n) is 4.82. The first kappa shape index (κ1) is 16.4. The maximum Gasteiger partial charge on any atom is 0.262 e. The second-order valence-corrected chi connectivity index (χ2v) is 8.10. The van der Waals surface area contributed by atoms with Gasteiger partial charge in [0, 0.05) is 22.9 Å². The number of quaternary nitrogens is 1. The first-order valence-electron chi connectivity index (χ1n) is 6.35. The normalized spacial score (nSPS) is 18.0. The largest absolute Gasteiger partial charge is 0.312 e. The van der Waals surface area contributed by atoms with Crippen LogP contribution in [0.4, 0.5) is 0 Å². The molecule has 0 radical (unpaired) electrons. The molecule has 1 aliphatic heterocycles. The van der Waals surface area contributed by atoms with Crippen molar-refractivity contribution in [3.8, 4) is 0 Å². The Morgan fingerprint density at radius 3 is 2.25 bits per heavy atom. The maximum atomic E-state index is 12.3. The summed E-state index contributed by atoms with van der Waals surface area (Å²) in [4.78, 5) is 13.4. The third-order valence-electron chi connectivity index (χ3n) is 3.36. The molecular weight excluding hydrogens is 386 g/mol. The smallest absolute Gasteiger partial charge is 0.262 e. The summed E-state index contributed by atoms with van der Waals surface area (Å²) in [7, 11) is 0. The van der Waals surface area contributed by atoms with E-state index in [1.807, 2.05) is 12.1 Å². The van der Waals surface area contributed by atoms with Crippen LogP contribution in [0.2, 0.25) is 0 Å². The van der Waals surface area contributed by atoms with Gasteiger partial charge < -0.3 is 4.90 Å². The van der Waals surface area contributed by atoms with Crippen molar-refractivity contribution in [2.75, 3.05) is 13.1 Å². The summed E-state index contributed by atoms with van der Waals surface area (Å²) in [5, 5.41) is 2.85. The van der Waals surface area contributed by atoms with Crippen molar-refractivity contribution in [2.24, 2.45) is 0 Å². The average Bonchev–Trinajstić information content (AvgIpc) is 2.88. The molecule has 1 saturated heterocycles. The van der Waals surface area contributed by atoms with Crippen LogP contribution in [-0.2, 0) is 0 Å². The topological polar surface area (TPSA) is 33.5 Å². The molecule has 0 saturated carbocycles. The molecule has 7 heteroatoms. The fraction of sp³-hybridized carbons (Fsp3) is 0.462. The number of carbonyl (C=O) groups excluding carboxylic acids is 1. The van der Waals surface area contributed by atoms with Gasteiger partial charge in [-0.1, -0.05) is 50.7 Å². The van der Waals surface area contributed by atoms with Crippen LogP contribution in [0.5, 0.6) is 0 Å². The number of nitrogens with one attached hydrogen (secondary N) is 2. The van der Waals surface area contributed by atoms with E-state index in [0.717, 1.165) is 35.3 Å². The van der Waals surface area contributed by atoms with Crippen LogP contribution < -0.4 is 10.2 Å². The number of halogens is 4. The standard InChI is InChI=1S/C13H14BrCl3N2O/c14-10-5-3-9(4-6-10)11(20)18-12(13(15,16)17)19-7-1-2-8-19/h3-6,12H,1-2,7-8H2,(H,18,20)/p+1/t12-/m1/s1. The Hall–Kier alpha value is -0.000000000000000167. The molecule has 2 N–H and O–H groups in total. The molecule has 1 fully saturated rings. The van der Waals surface area contributed by atoms with Gasteiger partial charge in [-0.25, -0.2) is 0 Å². The lowest BCUT2D eigenvalue weighted by Crippen LogP contribution is -3.17. The number of rotatable bonds is 3. The Morgan fingerprint density at radius 2 is 1.75 bits per heavy atom. The number of alkyl halides is 3. The van der Waals surface area contributed by atoms with E-state index < -0.39 is 9.96 Å². The van der Waals surface area contributed by atoms with Gasteiger partial charge >= 0.3 is 0 Å². The number of benzene rings is 1. The molecule has 0 bridgehead atoms. The minimum absolute atomic E-state index is 0.228. The number of hydrogen-bond donors (Lipinski definition) is 2. The molecule has 0 aliphatic carbocycles. The van der Waals surface area contributed by atoms with E-state index in [-0.39, 0.29) is 5.91 Å². The molecule has 1 atom stereocenters. The molecule has 1 aliphatic rings. The van der Waals surface area contributed by atoms with Crippen LogP contribution in [-0.4, -0.2) is 29.0 Å². The first-order valence-corrected chi connectivity index (χ1v) is 8.28. The Bertz CT molecular complexity index is 469. The monoisotopic (exact) mass is 399 g/mol. The second kappa shape index (κ2) is 6.84. The zero-order valence-electron chi connectivity index (χ0n) is 10.6. The Morgan fingerprint density at radius 1 is 1.20 bits per heavy atom. The minimum Gasteiger partial charge on any atom is -0.312 e. The quantitative estimate of drug-likeness (QED) is 0.750. The van der Waals surface area contributed by atoms with Gasteiger partial charge in [-0.15, -0.1) is 0 Å². The third-order valence-corrected chi connectivity index (χ3v) is 4.55. The van der Waals surface area contributed by atoms with E-state index in [4.69, 9.17) is 34.8 Å². The first-order chi connectivity index (χ1) is 9.38. The molecule has 1 heterocycles. The van der Waals surface area contributed by atoms with Gasteiger partial charge in [0.25, 0.3) is 9.70 Å². The van der Waals surface area contributed by atoms with Crippen LogP contribution >= 0.6 is 50.7 Å². The zero-order valence-corrected chi connectivity index (χ0v) is 14.5. The van der Waals surface area contributed by atoms with Gasteiger partial charge in [0.1, 0.15) is 0 Å². The molecule has 1 amide bonds. The summed E-state index contributed by atoms with van der Waals surface area (Å²) in [6.07, 6.45) is 1.63. The predicted octanol–water partition coefficient (Wildman–Crippen LogP) is 2.55. The van der Waals surface area contributed by atoms with Crippen LogP contribution in [0.25, 0.3) is 0 Å². The van der Waals surface area contributed by atoms with Crippen molar-refractivity contribution < 1.29 is 9.69 Å². The van der Waals surface area contributed by atoms with E-state index in [1.54, 1.807) is 12.1 Å². The van der Waals surface area contributed by atoms with Crippen molar-refractivity contribution in [3.63, 3.8) is 0 Å². The van der Waals surface area contributed by atoms with Gasteiger partial charge in [-0.2, -0.15) is 0 Å². The average molecular weight is 402 g/mol. The SMILES string of the molecule is O=C(N[C@H]([NH+]1CCCC1)C(Cl)(Cl)Cl)c1ccc(Br)cc1. The molecule has 110 valence electrons. The lowest BCUT2D eigenvalue weighted by molar-refractivity contribution is -0.915. The summed E-state index contributed by atoms with van der Waals surface area (Å²) < 4.78 is -0.609. The van der Waals surface area contributed by atoms with Gasteiger partial charge in [-0.3, -0.25) is 10.1 Å². The van der Waals surface area contributed by atoms with Crippen LogP contribution in [0.3, 0.4) is 0 Å². The van der Waals surface area contributed by atoms with Crippen LogP contribution in [0, 0.1) is 0 Å². The van der Waals surface area contributed by atoms with E-state index >= 15 is 0 Å². The number of carbonyl (C=O) groups is 1. The number of hydrogen-bond acceptors (Lipinski definition) is 1. The van der Waals surface area contributed by atoms with Crippen molar-refractivity contribution in [1.29, 1.82) is 0 Å². The molecular formula is C13H15BrCl3N2O+. The minimum atomic E-state index is -1.52. The van der Waals surface area contributed by atoms with Gasteiger partial charge in [-0.05, 0) is 24.3 Å². The van der Waals surface area contributed by atoms with Crippen molar-refractivity contribution in [2.45, 2.75) is 22.8 Å². The summed E-state index contributed by atoms with van der Waals surface area (Å²) in [6, 6.07) is 7.08. The van der Waals surface area contributed by atoms with E-state index in [9.17, 15) is 4.79 Å². The van der Waals surface area contributed by atoms with Crippen molar-refractivity contribution >= 4 is 56.6 Å². The predicted molar refractivity (Wildman–Crippen MR) is 85.6 cm³/mol.